The van der Waals surface area contributed by atoms with Gasteiger partial charge in [-0.15, -0.1) is 0 Å². The summed E-state index contributed by atoms with van der Waals surface area (Å²) < 4.78 is 5.41. The first-order valence-electron chi connectivity index (χ1n) is 7.98. The van der Waals surface area contributed by atoms with Crippen molar-refractivity contribution in [1.29, 1.82) is 0 Å². The molecule has 1 aromatic rings. The van der Waals surface area contributed by atoms with E-state index in [1.807, 2.05) is 44.2 Å². The van der Waals surface area contributed by atoms with Crippen LogP contribution in [0.3, 0.4) is 0 Å². The highest BCUT2D eigenvalue weighted by atomic mass is 16.6. The molecule has 0 bridgehead atoms. The number of carbonyl (C=O) groups excluding carboxylic acids is 1. The molecule has 0 spiro atoms. The van der Waals surface area contributed by atoms with Crippen LogP contribution in [0.25, 0.3) is 0 Å². The van der Waals surface area contributed by atoms with E-state index in [4.69, 9.17) is 4.74 Å². The third-order valence-electron chi connectivity index (χ3n) is 3.45. The van der Waals surface area contributed by atoms with Gasteiger partial charge >= 0.3 is 5.97 Å². The molecule has 0 saturated heterocycles. The maximum Gasteiger partial charge on any atom is 0.326 e. The molecule has 0 aromatic heterocycles. The molecule has 1 rings (SSSR count). The monoisotopic (exact) mass is 323 g/mol. The van der Waals surface area contributed by atoms with Crippen molar-refractivity contribution in [3.8, 4) is 0 Å². The number of benzene rings is 1. The Kier molecular flexibility index (Phi) is 7.19. The van der Waals surface area contributed by atoms with Crippen LogP contribution in [0.15, 0.2) is 30.3 Å². The fourth-order valence-corrected chi connectivity index (χ4v) is 2.21. The standard InChI is InChI=1S/C18H29NO4/c1-12(2)16(21)15(17(22)23-18(3,4)5)19-14(11-20)13-9-7-6-8-10-13/h6-10,12,14-16,19-21H,11H2,1-5H3/t14?,15-,16-/m0/s1. The minimum absolute atomic E-state index is 0.130. The second-order valence-corrected chi connectivity index (χ2v) is 7.06. The molecule has 0 radical (unpaired) electrons. The highest BCUT2D eigenvalue weighted by Gasteiger charge is 2.34. The number of hydrogen-bond donors (Lipinski definition) is 3. The van der Waals surface area contributed by atoms with Gasteiger partial charge in [0.05, 0.1) is 18.8 Å². The summed E-state index contributed by atoms with van der Waals surface area (Å²) in [6, 6.07) is 7.96. The summed E-state index contributed by atoms with van der Waals surface area (Å²) >= 11 is 0. The first kappa shape index (κ1) is 19.6. The van der Waals surface area contributed by atoms with E-state index < -0.39 is 29.8 Å². The number of rotatable bonds is 7. The molecule has 130 valence electrons. The normalized spacial score (nSPS) is 16.0. The third kappa shape index (κ3) is 6.29. The summed E-state index contributed by atoms with van der Waals surface area (Å²) in [7, 11) is 0. The fraction of sp³-hybridized carbons (Fsp3) is 0.611. The van der Waals surface area contributed by atoms with Gasteiger partial charge in [-0.25, -0.2) is 0 Å². The highest BCUT2D eigenvalue weighted by molar-refractivity contribution is 5.77. The zero-order valence-electron chi connectivity index (χ0n) is 14.6. The molecule has 23 heavy (non-hydrogen) atoms. The number of hydrogen-bond acceptors (Lipinski definition) is 5. The number of nitrogens with one attached hydrogen (secondary N) is 1. The summed E-state index contributed by atoms with van der Waals surface area (Å²) in [5.74, 6) is -0.650. The molecule has 3 N–H and O–H groups in total. The van der Waals surface area contributed by atoms with E-state index in [1.165, 1.54) is 0 Å². The minimum Gasteiger partial charge on any atom is -0.459 e. The highest BCUT2D eigenvalue weighted by Crippen LogP contribution is 2.18. The number of ether oxygens (including phenoxy) is 1. The Morgan fingerprint density at radius 3 is 2.22 bits per heavy atom. The zero-order chi connectivity index (χ0) is 17.6. The molecular weight excluding hydrogens is 294 g/mol. The lowest BCUT2D eigenvalue weighted by Crippen LogP contribution is -2.52. The largest absolute Gasteiger partial charge is 0.459 e. The molecule has 0 fully saturated rings. The van der Waals surface area contributed by atoms with Crippen molar-refractivity contribution in [2.75, 3.05) is 6.61 Å². The number of aliphatic hydroxyl groups excluding tert-OH is 2. The van der Waals surface area contributed by atoms with Gasteiger partial charge in [-0.3, -0.25) is 10.1 Å². The lowest BCUT2D eigenvalue weighted by Gasteiger charge is -2.31. The van der Waals surface area contributed by atoms with E-state index in [9.17, 15) is 15.0 Å². The molecule has 5 nitrogen and oxygen atoms in total. The lowest BCUT2D eigenvalue weighted by atomic mass is 9.97. The summed E-state index contributed by atoms with van der Waals surface area (Å²) in [6.45, 7) is 8.83. The Morgan fingerprint density at radius 2 is 1.78 bits per heavy atom. The Balaban J connectivity index is 2.97. The lowest BCUT2D eigenvalue weighted by molar-refractivity contribution is -0.162. The number of carbonyl (C=O) groups is 1. The maximum absolute atomic E-state index is 12.5. The molecule has 3 atom stereocenters. The van der Waals surface area contributed by atoms with Crippen molar-refractivity contribution in [2.24, 2.45) is 5.92 Å². The quantitative estimate of drug-likeness (QED) is 0.669. The van der Waals surface area contributed by atoms with Crippen molar-refractivity contribution in [3.05, 3.63) is 35.9 Å². The average Bonchev–Trinajstić information content (AvgIpc) is 2.46. The van der Waals surface area contributed by atoms with Crippen LogP contribution in [0.1, 0.15) is 46.2 Å². The summed E-state index contributed by atoms with van der Waals surface area (Å²) in [6.07, 6.45) is -0.914. The van der Waals surface area contributed by atoms with Gasteiger partial charge in [0.25, 0.3) is 0 Å². The molecule has 0 heterocycles. The second kappa shape index (κ2) is 8.43. The summed E-state index contributed by atoms with van der Waals surface area (Å²) in [5, 5.41) is 23.1. The van der Waals surface area contributed by atoms with Gasteiger partial charge in [-0.2, -0.15) is 0 Å². The molecule has 0 aliphatic heterocycles. The first-order valence-corrected chi connectivity index (χ1v) is 7.98. The van der Waals surface area contributed by atoms with E-state index in [0.29, 0.717) is 0 Å². The predicted molar refractivity (Wildman–Crippen MR) is 89.9 cm³/mol. The van der Waals surface area contributed by atoms with Gasteiger partial charge in [0.15, 0.2) is 0 Å². The molecule has 0 saturated carbocycles. The van der Waals surface area contributed by atoms with Crippen LogP contribution in [0.4, 0.5) is 0 Å². The van der Waals surface area contributed by atoms with Crippen molar-refractivity contribution < 1.29 is 19.7 Å². The van der Waals surface area contributed by atoms with Gasteiger partial charge in [0.2, 0.25) is 0 Å². The predicted octanol–water partition coefficient (Wildman–Crippen LogP) is 2.04. The molecule has 0 aliphatic carbocycles. The number of aliphatic hydroxyl groups is 2. The van der Waals surface area contributed by atoms with E-state index in [0.717, 1.165) is 5.56 Å². The van der Waals surface area contributed by atoms with Crippen molar-refractivity contribution >= 4 is 5.97 Å². The van der Waals surface area contributed by atoms with Crippen molar-refractivity contribution in [2.45, 2.75) is 58.4 Å². The molecule has 0 aliphatic rings. The molecule has 1 aromatic carbocycles. The van der Waals surface area contributed by atoms with Crippen LogP contribution >= 0.6 is 0 Å². The minimum atomic E-state index is -0.914. The van der Waals surface area contributed by atoms with Crippen LogP contribution < -0.4 is 5.32 Å². The van der Waals surface area contributed by atoms with Gasteiger partial charge in [0, 0.05) is 0 Å². The second-order valence-electron chi connectivity index (χ2n) is 7.06. The SMILES string of the molecule is CC(C)[C@H](O)[C@H](NC(CO)c1ccccc1)C(=O)OC(C)(C)C. The summed E-state index contributed by atoms with van der Waals surface area (Å²) in [4.78, 5) is 12.5. The smallest absolute Gasteiger partial charge is 0.326 e. The van der Waals surface area contributed by atoms with Crippen LogP contribution in [-0.4, -0.2) is 40.5 Å². The topological polar surface area (TPSA) is 78.8 Å². The van der Waals surface area contributed by atoms with Crippen molar-refractivity contribution in [1.82, 2.24) is 5.32 Å². The Bertz CT molecular complexity index is 482. The Labute approximate surface area is 138 Å². The van der Waals surface area contributed by atoms with E-state index in [2.05, 4.69) is 5.32 Å². The van der Waals surface area contributed by atoms with Gasteiger partial charge in [-0.1, -0.05) is 44.2 Å². The van der Waals surface area contributed by atoms with Gasteiger partial charge in [-0.05, 0) is 32.3 Å². The third-order valence-corrected chi connectivity index (χ3v) is 3.45. The average molecular weight is 323 g/mol. The van der Waals surface area contributed by atoms with Gasteiger partial charge in [0.1, 0.15) is 11.6 Å². The zero-order valence-corrected chi connectivity index (χ0v) is 14.6. The molecule has 5 heteroatoms. The molecule has 1 unspecified atom stereocenters. The molecular formula is C18H29NO4. The molecule has 0 amide bonds. The van der Waals surface area contributed by atoms with Crippen LogP contribution in [-0.2, 0) is 9.53 Å². The number of esters is 1. The fourth-order valence-electron chi connectivity index (χ4n) is 2.21. The summed E-state index contributed by atoms with van der Waals surface area (Å²) in [5.41, 5.74) is 0.203. The van der Waals surface area contributed by atoms with Crippen LogP contribution in [0.2, 0.25) is 0 Å². The van der Waals surface area contributed by atoms with Gasteiger partial charge < -0.3 is 14.9 Å². The van der Waals surface area contributed by atoms with E-state index >= 15 is 0 Å². The first-order chi connectivity index (χ1) is 10.7. The van der Waals surface area contributed by atoms with E-state index in [-0.39, 0.29) is 12.5 Å². The van der Waals surface area contributed by atoms with Crippen molar-refractivity contribution in [3.63, 3.8) is 0 Å². The van der Waals surface area contributed by atoms with Crippen LogP contribution in [0, 0.1) is 5.92 Å². The van der Waals surface area contributed by atoms with Crippen LogP contribution in [0.5, 0.6) is 0 Å². The Hall–Kier alpha value is -1.43. The maximum atomic E-state index is 12.5. The Morgan fingerprint density at radius 1 is 1.22 bits per heavy atom. The van der Waals surface area contributed by atoms with E-state index in [1.54, 1.807) is 20.8 Å².